The molecule has 0 saturated carbocycles. The molecule has 1 aliphatic rings. The Morgan fingerprint density at radius 3 is 2.85 bits per heavy atom. The summed E-state index contributed by atoms with van der Waals surface area (Å²) in [7, 11) is 0. The monoisotopic (exact) mass is 371 g/mol. The number of hydrogen-bond donors (Lipinski definition) is 2. The number of halogens is 1. The second-order valence-electron chi connectivity index (χ2n) is 7.39. The molecule has 7 heteroatoms. The standard InChI is InChI=1S/C20H26FN5O/c1-12(2)6-14-7-15(17(22)8-16(14)21)20(23)18-9-19(25-11-24-18)26-4-5-27-13(3)10-26/h7-9,11-13,23H,4-6,10,22H2,1-3H3. The van der Waals surface area contributed by atoms with Crippen molar-refractivity contribution in [2.75, 3.05) is 30.3 Å². The van der Waals surface area contributed by atoms with Gasteiger partial charge in [-0.25, -0.2) is 14.4 Å². The first kappa shape index (κ1) is 19.2. The van der Waals surface area contributed by atoms with Gasteiger partial charge in [0.1, 0.15) is 18.0 Å². The molecule has 0 aliphatic carbocycles. The Balaban J connectivity index is 1.91. The van der Waals surface area contributed by atoms with Gasteiger partial charge >= 0.3 is 0 Å². The zero-order chi connectivity index (χ0) is 19.6. The molecule has 2 heterocycles. The van der Waals surface area contributed by atoms with E-state index in [-0.39, 0.29) is 23.3 Å². The summed E-state index contributed by atoms with van der Waals surface area (Å²) >= 11 is 0. The molecule has 1 fully saturated rings. The van der Waals surface area contributed by atoms with Crippen LogP contribution in [0.15, 0.2) is 24.5 Å². The van der Waals surface area contributed by atoms with Gasteiger partial charge in [-0.15, -0.1) is 0 Å². The quantitative estimate of drug-likeness (QED) is 0.623. The van der Waals surface area contributed by atoms with Crippen LogP contribution in [0.2, 0.25) is 0 Å². The first-order valence-electron chi connectivity index (χ1n) is 9.21. The number of anilines is 2. The SMILES string of the molecule is CC(C)Cc1cc(C(=N)c2cc(N3CCOC(C)C3)ncn2)c(N)cc1F. The Bertz CT molecular complexity index is 839. The van der Waals surface area contributed by atoms with Gasteiger partial charge in [0.2, 0.25) is 0 Å². The van der Waals surface area contributed by atoms with E-state index < -0.39 is 0 Å². The molecule has 3 rings (SSSR count). The minimum atomic E-state index is -0.330. The van der Waals surface area contributed by atoms with Gasteiger partial charge in [-0.05, 0) is 37.0 Å². The van der Waals surface area contributed by atoms with Crippen molar-refractivity contribution in [2.24, 2.45) is 5.92 Å². The second-order valence-corrected chi connectivity index (χ2v) is 7.39. The minimum Gasteiger partial charge on any atom is -0.398 e. The number of benzene rings is 1. The molecule has 27 heavy (non-hydrogen) atoms. The van der Waals surface area contributed by atoms with Gasteiger partial charge in [0, 0.05) is 30.4 Å². The van der Waals surface area contributed by atoms with Crippen LogP contribution in [0.1, 0.15) is 37.6 Å². The highest BCUT2D eigenvalue weighted by Gasteiger charge is 2.20. The lowest BCUT2D eigenvalue weighted by molar-refractivity contribution is 0.0529. The largest absolute Gasteiger partial charge is 0.398 e. The van der Waals surface area contributed by atoms with E-state index in [9.17, 15) is 4.39 Å². The maximum Gasteiger partial charge on any atom is 0.132 e. The molecule has 0 radical (unpaired) electrons. The highest BCUT2D eigenvalue weighted by Crippen LogP contribution is 2.24. The van der Waals surface area contributed by atoms with Crippen molar-refractivity contribution in [2.45, 2.75) is 33.3 Å². The second kappa shape index (κ2) is 8.00. The van der Waals surface area contributed by atoms with Crippen molar-refractivity contribution in [3.05, 3.63) is 47.2 Å². The molecule has 1 saturated heterocycles. The zero-order valence-electron chi connectivity index (χ0n) is 16.0. The number of aromatic nitrogens is 2. The van der Waals surface area contributed by atoms with Gasteiger partial charge in [-0.1, -0.05) is 13.8 Å². The van der Waals surface area contributed by atoms with Crippen LogP contribution < -0.4 is 10.6 Å². The van der Waals surface area contributed by atoms with E-state index in [0.29, 0.717) is 35.8 Å². The zero-order valence-corrected chi connectivity index (χ0v) is 16.0. The molecule has 144 valence electrons. The third-order valence-corrected chi connectivity index (χ3v) is 4.59. The fraction of sp³-hybridized carbons (Fsp3) is 0.450. The molecule has 1 aromatic carbocycles. The van der Waals surface area contributed by atoms with Gasteiger partial charge in [0.05, 0.1) is 24.1 Å². The van der Waals surface area contributed by atoms with Crippen molar-refractivity contribution in [3.8, 4) is 0 Å². The number of nitrogens with one attached hydrogen (secondary N) is 1. The normalized spacial score (nSPS) is 17.4. The Labute approximate surface area is 159 Å². The number of nitrogens with two attached hydrogens (primary N) is 1. The molecular formula is C20H26FN5O. The topological polar surface area (TPSA) is 88.1 Å². The van der Waals surface area contributed by atoms with Gasteiger partial charge in [0.15, 0.2) is 0 Å². The first-order chi connectivity index (χ1) is 12.8. The Kier molecular flexibility index (Phi) is 5.70. The smallest absolute Gasteiger partial charge is 0.132 e. The van der Waals surface area contributed by atoms with Crippen LogP contribution in [0, 0.1) is 17.1 Å². The molecule has 1 atom stereocenters. The van der Waals surface area contributed by atoms with Crippen LogP contribution >= 0.6 is 0 Å². The third kappa shape index (κ3) is 4.42. The van der Waals surface area contributed by atoms with Crippen molar-refractivity contribution >= 4 is 17.2 Å². The summed E-state index contributed by atoms with van der Waals surface area (Å²) in [5.74, 6) is 0.727. The summed E-state index contributed by atoms with van der Waals surface area (Å²) in [6.45, 7) is 8.20. The number of ether oxygens (including phenoxy) is 1. The van der Waals surface area contributed by atoms with Crippen molar-refractivity contribution in [3.63, 3.8) is 0 Å². The summed E-state index contributed by atoms with van der Waals surface area (Å²) < 4.78 is 19.8. The van der Waals surface area contributed by atoms with Crippen LogP contribution in [0.25, 0.3) is 0 Å². The lowest BCUT2D eigenvalue weighted by Gasteiger charge is -2.32. The fourth-order valence-electron chi connectivity index (χ4n) is 3.27. The molecule has 0 bridgehead atoms. The van der Waals surface area contributed by atoms with Crippen LogP contribution in [0.4, 0.5) is 15.9 Å². The Morgan fingerprint density at radius 2 is 2.15 bits per heavy atom. The maximum absolute atomic E-state index is 14.2. The highest BCUT2D eigenvalue weighted by molar-refractivity contribution is 6.13. The third-order valence-electron chi connectivity index (χ3n) is 4.59. The summed E-state index contributed by atoms with van der Waals surface area (Å²) in [6.07, 6.45) is 2.17. The lowest BCUT2D eigenvalue weighted by Crippen LogP contribution is -2.41. The van der Waals surface area contributed by atoms with E-state index in [1.165, 1.54) is 12.4 Å². The van der Waals surface area contributed by atoms with Gasteiger partial charge < -0.3 is 15.4 Å². The number of morpholine rings is 1. The molecule has 1 unspecified atom stereocenters. The lowest BCUT2D eigenvalue weighted by atomic mass is 9.96. The molecule has 3 N–H and O–H groups in total. The molecule has 0 amide bonds. The van der Waals surface area contributed by atoms with Crippen molar-refractivity contribution < 1.29 is 9.13 Å². The Morgan fingerprint density at radius 1 is 1.37 bits per heavy atom. The van der Waals surface area contributed by atoms with Crippen molar-refractivity contribution in [1.82, 2.24) is 9.97 Å². The van der Waals surface area contributed by atoms with E-state index in [1.807, 2.05) is 20.8 Å². The van der Waals surface area contributed by atoms with Crippen LogP contribution in [-0.4, -0.2) is 41.5 Å². The number of nitrogen functional groups attached to an aromatic ring is 1. The summed E-state index contributed by atoms with van der Waals surface area (Å²) in [6, 6.07) is 4.75. The van der Waals surface area contributed by atoms with E-state index >= 15 is 0 Å². The van der Waals surface area contributed by atoms with E-state index in [2.05, 4.69) is 14.9 Å². The predicted molar refractivity (Wildman–Crippen MR) is 105 cm³/mol. The fourth-order valence-corrected chi connectivity index (χ4v) is 3.27. The summed E-state index contributed by atoms with van der Waals surface area (Å²) in [4.78, 5) is 10.7. The molecule has 1 aromatic heterocycles. The Hall–Kier alpha value is -2.54. The molecule has 6 nitrogen and oxygen atoms in total. The molecular weight excluding hydrogens is 345 g/mol. The van der Waals surface area contributed by atoms with Crippen LogP contribution in [0.3, 0.4) is 0 Å². The van der Waals surface area contributed by atoms with Gasteiger partial charge in [-0.3, -0.25) is 5.41 Å². The first-order valence-corrected chi connectivity index (χ1v) is 9.21. The number of hydrogen-bond acceptors (Lipinski definition) is 6. The molecule has 1 aliphatic heterocycles. The minimum absolute atomic E-state index is 0.128. The van der Waals surface area contributed by atoms with E-state index in [4.69, 9.17) is 15.9 Å². The predicted octanol–water partition coefficient (Wildman–Crippen LogP) is 3.04. The molecule has 0 spiro atoms. The summed E-state index contributed by atoms with van der Waals surface area (Å²) in [5, 5.41) is 8.58. The number of rotatable bonds is 5. The van der Waals surface area contributed by atoms with Gasteiger partial charge in [0.25, 0.3) is 0 Å². The maximum atomic E-state index is 14.2. The van der Waals surface area contributed by atoms with Crippen LogP contribution in [0.5, 0.6) is 0 Å². The van der Waals surface area contributed by atoms with E-state index in [0.717, 1.165) is 18.9 Å². The average Bonchev–Trinajstić information content (AvgIpc) is 2.63. The van der Waals surface area contributed by atoms with Crippen molar-refractivity contribution in [1.29, 1.82) is 5.41 Å². The molecule has 2 aromatic rings. The highest BCUT2D eigenvalue weighted by atomic mass is 19.1. The number of nitrogens with zero attached hydrogens (tertiary/aromatic N) is 3. The average molecular weight is 371 g/mol. The summed E-state index contributed by atoms with van der Waals surface area (Å²) in [5.41, 5.74) is 7.94. The van der Waals surface area contributed by atoms with Gasteiger partial charge in [-0.2, -0.15) is 0 Å². The van der Waals surface area contributed by atoms with Crippen LogP contribution in [-0.2, 0) is 11.2 Å². The van der Waals surface area contributed by atoms with E-state index in [1.54, 1.807) is 12.1 Å².